The van der Waals surface area contributed by atoms with Crippen LogP contribution in [0.2, 0.25) is 0 Å². The van der Waals surface area contributed by atoms with Crippen molar-refractivity contribution in [2.24, 2.45) is 10.9 Å². The lowest BCUT2D eigenvalue weighted by Gasteiger charge is -2.20. The molecule has 122 valence electrons. The van der Waals surface area contributed by atoms with Crippen LogP contribution in [0.4, 0.5) is 10.1 Å². The van der Waals surface area contributed by atoms with Crippen LogP contribution in [0.15, 0.2) is 29.3 Å². The second kappa shape index (κ2) is 7.64. The van der Waals surface area contributed by atoms with Gasteiger partial charge < -0.3 is 5.32 Å². The Bertz CT molecular complexity index is 659. The van der Waals surface area contributed by atoms with Gasteiger partial charge in [-0.05, 0) is 61.5 Å². The second-order valence-electron chi connectivity index (χ2n) is 6.01. The van der Waals surface area contributed by atoms with Crippen LogP contribution in [0.1, 0.15) is 42.7 Å². The minimum Gasteiger partial charge on any atom is -0.339 e. The Morgan fingerprint density at radius 2 is 2.00 bits per heavy atom. The molecule has 1 aliphatic rings. The van der Waals surface area contributed by atoms with Crippen LogP contribution >= 0.6 is 11.5 Å². The van der Waals surface area contributed by atoms with E-state index in [4.69, 9.17) is 4.99 Å². The highest BCUT2D eigenvalue weighted by Gasteiger charge is 2.16. The minimum absolute atomic E-state index is 0.244. The molecule has 1 fully saturated rings. The summed E-state index contributed by atoms with van der Waals surface area (Å²) in [5.41, 5.74) is 1.69. The van der Waals surface area contributed by atoms with E-state index in [1.165, 1.54) is 55.8 Å². The Labute approximate surface area is 140 Å². The first-order valence-electron chi connectivity index (χ1n) is 8.09. The van der Waals surface area contributed by atoms with Gasteiger partial charge in [-0.25, -0.2) is 4.39 Å². The van der Waals surface area contributed by atoms with E-state index in [9.17, 15) is 4.39 Å². The van der Waals surface area contributed by atoms with Gasteiger partial charge in [0.1, 0.15) is 16.5 Å². The summed E-state index contributed by atoms with van der Waals surface area (Å²) in [6, 6.07) is 6.32. The number of aryl methyl sites for hydroxylation is 1. The van der Waals surface area contributed by atoms with Crippen LogP contribution in [0.3, 0.4) is 0 Å². The van der Waals surface area contributed by atoms with Crippen LogP contribution in [-0.2, 0) is 0 Å². The van der Waals surface area contributed by atoms with E-state index in [2.05, 4.69) is 14.9 Å². The zero-order valence-corrected chi connectivity index (χ0v) is 14.1. The standard InChI is InChI=1S/C17H21FN4S/c1-12-16(23-22-21-12)17(19-11-13-5-3-2-4-6-13)20-15-9-7-14(18)8-10-15/h7-10,13H,2-6,11H2,1H3,(H,19,20). The van der Waals surface area contributed by atoms with E-state index >= 15 is 0 Å². The fraction of sp³-hybridized carbons (Fsp3) is 0.471. The van der Waals surface area contributed by atoms with Gasteiger partial charge in [0.2, 0.25) is 0 Å². The third-order valence-electron chi connectivity index (χ3n) is 4.21. The van der Waals surface area contributed by atoms with Crippen molar-refractivity contribution in [3.05, 3.63) is 40.7 Å². The lowest BCUT2D eigenvalue weighted by molar-refractivity contribution is 0.367. The van der Waals surface area contributed by atoms with Gasteiger partial charge in [-0.1, -0.05) is 23.8 Å². The van der Waals surface area contributed by atoms with Gasteiger partial charge >= 0.3 is 0 Å². The molecule has 1 aliphatic carbocycles. The van der Waals surface area contributed by atoms with Crippen molar-refractivity contribution in [3.63, 3.8) is 0 Å². The van der Waals surface area contributed by atoms with E-state index in [1.807, 2.05) is 6.92 Å². The summed E-state index contributed by atoms with van der Waals surface area (Å²) < 4.78 is 17.1. The first-order chi connectivity index (χ1) is 11.2. The average Bonchev–Trinajstić information content (AvgIpc) is 3.00. The molecule has 0 spiro atoms. The highest BCUT2D eigenvalue weighted by Crippen LogP contribution is 2.24. The number of hydrogen-bond acceptors (Lipinski definition) is 4. The number of nitrogens with one attached hydrogen (secondary N) is 1. The number of rotatable bonds is 4. The van der Waals surface area contributed by atoms with Gasteiger partial charge in [0, 0.05) is 12.2 Å². The first-order valence-corrected chi connectivity index (χ1v) is 8.86. The molecule has 1 N–H and O–H groups in total. The van der Waals surface area contributed by atoms with E-state index in [1.54, 1.807) is 12.1 Å². The average molecular weight is 332 g/mol. The number of halogens is 1. The molecule has 1 saturated carbocycles. The zero-order chi connectivity index (χ0) is 16.1. The van der Waals surface area contributed by atoms with E-state index < -0.39 is 0 Å². The highest BCUT2D eigenvalue weighted by molar-refractivity contribution is 7.08. The smallest absolute Gasteiger partial charge is 0.146 e. The fourth-order valence-corrected chi connectivity index (χ4v) is 3.50. The molecule has 1 aromatic carbocycles. The normalized spacial score (nSPS) is 16.5. The highest BCUT2D eigenvalue weighted by atomic mass is 32.1. The summed E-state index contributed by atoms with van der Waals surface area (Å²) in [4.78, 5) is 5.76. The molecule has 1 aromatic heterocycles. The number of aromatic nitrogens is 2. The molecule has 3 rings (SSSR count). The Balaban J connectivity index is 1.78. The lowest BCUT2D eigenvalue weighted by atomic mass is 9.89. The topological polar surface area (TPSA) is 50.2 Å². The molecule has 0 bridgehead atoms. The van der Waals surface area contributed by atoms with E-state index in [0.29, 0.717) is 5.92 Å². The Morgan fingerprint density at radius 3 is 2.65 bits per heavy atom. The Hall–Kier alpha value is -1.82. The van der Waals surface area contributed by atoms with Crippen molar-refractivity contribution in [2.75, 3.05) is 11.9 Å². The maximum atomic E-state index is 13.1. The largest absolute Gasteiger partial charge is 0.339 e. The number of aliphatic imine (C=N–C) groups is 1. The molecule has 23 heavy (non-hydrogen) atoms. The van der Waals surface area contributed by atoms with Crippen molar-refractivity contribution in [1.29, 1.82) is 0 Å². The lowest BCUT2D eigenvalue weighted by Crippen LogP contribution is -2.17. The number of nitrogens with zero attached hydrogens (tertiary/aromatic N) is 3. The predicted molar refractivity (Wildman–Crippen MR) is 92.6 cm³/mol. The van der Waals surface area contributed by atoms with Crippen LogP contribution in [0, 0.1) is 18.7 Å². The molecule has 0 radical (unpaired) electrons. The SMILES string of the molecule is Cc1nnsc1C(=NCC1CCCCC1)Nc1ccc(F)cc1. The maximum Gasteiger partial charge on any atom is 0.146 e. The molecule has 0 amide bonds. The van der Waals surface area contributed by atoms with Crippen LogP contribution in [0.25, 0.3) is 0 Å². The molecule has 4 nitrogen and oxygen atoms in total. The van der Waals surface area contributed by atoms with Gasteiger partial charge in [-0.3, -0.25) is 4.99 Å². The number of benzene rings is 1. The molecule has 2 aromatic rings. The summed E-state index contributed by atoms with van der Waals surface area (Å²) >= 11 is 1.34. The monoisotopic (exact) mass is 332 g/mol. The van der Waals surface area contributed by atoms with Gasteiger partial charge in [0.25, 0.3) is 0 Å². The summed E-state index contributed by atoms with van der Waals surface area (Å²) in [7, 11) is 0. The molecule has 0 atom stereocenters. The third kappa shape index (κ3) is 4.34. The van der Waals surface area contributed by atoms with Crippen LogP contribution < -0.4 is 5.32 Å². The Morgan fingerprint density at radius 1 is 1.26 bits per heavy atom. The molecule has 1 heterocycles. The Kier molecular flexibility index (Phi) is 5.33. The molecular formula is C17H21FN4S. The van der Waals surface area contributed by atoms with Crippen molar-refractivity contribution in [2.45, 2.75) is 39.0 Å². The quantitative estimate of drug-likeness (QED) is 0.666. The van der Waals surface area contributed by atoms with Gasteiger partial charge in [0.15, 0.2) is 0 Å². The van der Waals surface area contributed by atoms with Crippen molar-refractivity contribution in [3.8, 4) is 0 Å². The number of anilines is 1. The summed E-state index contributed by atoms with van der Waals surface area (Å²) in [6.07, 6.45) is 6.48. The van der Waals surface area contributed by atoms with Crippen molar-refractivity contribution >= 4 is 23.1 Å². The van der Waals surface area contributed by atoms with Crippen LogP contribution in [-0.4, -0.2) is 22.0 Å². The second-order valence-corrected chi connectivity index (χ2v) is 6.77. The van der Waals surface area contributed by atoms with E-state index in [-0.39, 0.29) is 5.82 Å². The maximum absolute atomic E-state index is 13.1. The number of amidine groups is 1. The zero-order valence-electron chi connectivity index (χ0n) is 13.3. The van der Waals surface area contributed by atoms with Crippen molar-refractivity contribution < 1.29 is 4.39 Å². The molecule has 0 unspecified atom stereocenters. The summed E-state index contributed by atoms with van der Waals surface area (Å²) in [5, 5.41) is 7.38. The number of hydrogen-bond donors (Lipinski definition) is 1. The third-order valence-corrected chi connectivity index (χ3v) is 5.04. The van der Waals surface area contributed by atoms with Gasteiger partial charge in [-0.2, -0.15) is 0 Å². The van der Waals surface area contributed by atoms with Gasteiger partial charge in [0.05, 0.1) is 5.69 Å². The first kappa shape index (κ1) is 16.1. The predicted octanol–water partition coefficient (Wildman–Crippen LogP) is 4.42. The van der Waals surface area contributed by atoms with Crippen molar-refractivity contribution in [1.82, 2.24) is 9.59 Å². The molecule has 6 heteroatoms. The molecule has 0 aliphatic heterocycles. The molecule has 0 saturated heterocycles. The van der Waals surface area contributed by atoms with Crippen LogP contribution in [0.5, 0.6) is 0 Å². The van der Waals surface area contributed by atoms with Gasteiger partial charge in [-0.15, -0.1) is 5.10 Å². The fourth-order valence-electron chi connectivity index (χ4n) is 2.88. The van der Waals surface area contributed by atoms with E-state index in [0.717, 1.165) is 28.6 Å². The summed E-state index contributed by atoms with van der Waals surface area (Å²) in [5.74, 6) is 1.21. The summed E-state index contributed by atoms with van der Waals surface area (Å²) in [6.45, 7) is 2.75. The molecular weight excluding hydrogens is 311 g/mol. The minimum atomic E-state index is -0.244.